The first-order valence-electron chi connectivity index (χ1n) is 8.25. The summed E-state index contributed by atoms with van der Waals surface area (Å²) >= 11 is 0. The zero-order chi connectivity index (χ0) is 16.3. The maximum atomic E-state index is 3.99. The van der Waals surface area contributed by atoms with Gasteiger partial charge in [0.15, 0.2) is 0 Å². The van der Waals surface area contributed by atoms with Crippen LogP contribution in [0.15, 0.2) is 46.1 Å². The lowest BCUT2D eigenvalue weighted by Gasteiger charge is -2.03. The van der Waals surface area contributed by atoms with E-state index in [9.17, 15) is 0 Å². The van der Waals surface area contributed by atoms with Crippen molar-refractivity contribution in [2.45, 2.75) is 80.1 Å². The molecular formula is C21H35. The van der Waals surface area contributed by atoms with Crippen LogP contribution in [0.2, 0.25) is 0 Å². The van der Waals surface area contributed by atoms with Crippen LogP contribution in [0.5, 0.6) is 0 Å². The lowest BCUT2D eigenvalue weighted by Crippen LogP contribution is -1.83. The molecule has 0 heterocycles. The molecule has 0 spiro atoms. The minimum Gasteiger partial charge on any atom is -0.0856 e. The van der Waals surface area contributed by atoms with E-state index < -0.39 is 0 Å². The molecule has 0 aromatic rings. The van der Waals surface area contributed by atoms with E-state index in [1.807, 2.05) is 0 Å². The molecule has 0 nitrogen and oxygen atoms in total. The summed E-state index contributed by atoms with van der Waals surface area (Å²) in [6.45, 7) is 17.1. The molecule has 0 fully saturated rings. The van der Waals surface area contributed by atoms with Gasteiger partial charge in [0, 0.05) is 0 Å². The number of hydrogen-bond donors (Lipinski definition) is 0. The van der Waals surface area contributed by atoms with Gasteiger partial charge in [0.25, 0.3) is 0 Å². The fraction of sp³-hybridized carbons (Fsp3) is 0.571. The molecule has 119 valence electrons. The predicted octanol–water partition coefficient (Wildman–Crippen LogP) is 7.36. The van der Waals surface area contributed by atoms with Crippen molar-refractivity contribution in [2.75, 3.05) is 0 Å². The monoisotopic (exact) mass is 287 g/mol. The van der Waals surface area contributed by atoms with Crippen LogP contribution in [0.3, 0.4) is 0 Å². The van der Waals surface area contributed by atoms with Crippen molar-refractivity contribution >= 4 is 0 Å². The molecule has 0 aliphatic rings. The molecule has 0 amide bonds. The third-order valence-corrected chi connectivity index (χ3v) is 3.86. The lowest BCUT2D eigenvalue weighted by molar-refractivity contribution is 0.897. The van der Waals surface area contributed by atoms with Gasteiger partial charge in [-0.25, -0.2) is 0 Å². The first kappa shape index (κ1) is 20.0. The SMILES string of the molecule is [CH2]/C(C)=C(\C)CC/C=C(\C)CC/C=C(\C)CCC=C(C)C. The Morgan fingerprint density at radius 3 is 1.52 bits per heavy atom. The fourth-order valence-electron chi connectivity index (χ4n) is 2.09. The Bertz CT molecular complexity index is 405. The minimum absolute atomic E-state index is 1.14. The van der Waals surface area contributed by atoms with Crippen molar-refractivity contribution in [3.8, 4) is 0 Å². The summed E-state index contributed by atoms with van der Waals surface area (Å²) in [5.74, 6) is 0. The van der Waals surface area contributed by atoms with E-state index in [-0.39, 0.29) is 0 Å². The second kappa shape index (κ2) is 11.6. The maximum absolute atomic E-state index is 3.99. The topological polar surface area (TPSA) is 0 Å². The van der Waals surface area contributed by atoms with Crippen LogP contribution in [0.1, 0.15) is 80.1 Å². The first-order chi connectivity index (χ1) is 9.82. The van der Waals surface area contributed by atoms with E-state index in [1.54, 1.807) is 0 Å². The Balaban J connectivity index is 3.99. The van der Waals surface area contributed by atoms with Gasteiger partial charge in [0.05, 0.1) is 0 Å². The molecule has 0 N–H and O–H groups in total. The van der Waals surface area contributed by atoms with Crippen LogP contribution in [-0.4, -0.2) is 0 Å². The molecule has 0 saturated heterocycles. The van der Waals surface area contributed by atoms with Crippen LogP contribution < -0.4 is 0 Å². The Labute approximate surface area is 133 Å². The van der Waals surface area contributed by atoms with Gasteiger partial charge in [-0.2, -0.15) is 0 Å². The summed E-state index contributed by atoms with van der Waals surface area (Å²) < 4.78 is 0. The normalized spacial score (nSPS) is 14.0. The lowest BCUT2D eigenvalue weighted by atomic mass is 10.0. The molecule has 0 unspecified atom stereocenters. The quantitative estimate of drug-likeness (QED) is 0.389. The summed E-state index contributed by atoms with van der Waals surface area (Å²) in [4.78, 5) is 0. The van der Waals surface area contributed by atoms with Gasteiger partial charge in [0.1, 0.15) is 0 Å². The van der Waals surface area contributed by atoms with Crippen LogP contribution in [0, 0.1) is 6.92 Å². The van der Waals surface area contributed by atoms with Gasteiger partial charge in [-0.1, -0.05) is 46.1 Å². The Kier molecular flexibility index (Phi) is 11.0. The number of allylic oxidation sites excluding steroid dienone is 8. The highest BCUT2D eigenvalue weighted by Crippen LogP contribution is 2.14. The first-order valence-corrected chi connectivity index (χ1v) is 8.25. The predicted molar refractivity (Wildman–Crippen MR) is 98.4 cm³/mol. The van der Waals surface area contributed by atoms with Crippen molar-refractivity contribution in [2.24, 2.45) is 0 Å². The molecule has 0 saturated carbocycles. The molecule has 0 aromatic carbocycles. The molecule has 0 aliphatic carbocycles. The molecule has 0 aromatic heterocycles. The van der Waals surface area contributed by atoms with Gasteiger partial charge in [-0.05, 0) is 87.0 Å². The molecule has 0 rings (SSSR count). The highest BCUT2D eigenvalue weighted by atomic mass is 14.0. The van der Waals surface area contributed by atoms with Crippen molar-refractivity contribution < 1.29 is 0 Å². The average Bonchev–Trinajstić information content (AvgIpc) is 2.37. The van der Waals surface area contributed by atoms with E-state index in [4.69, 9.17) is 0 Å². The third-order valence-electron chi connectivity index (χ3n) is 3.86. The number of rotatable bonds is 9. The molecule has 0 heteroatoms. The smallest absolute Gasteiger partial charge is 0.0283 e. The van der Waals surface area contributed by atoms with E-state index in [0.29, 0.717) is 0 Å². The van der Waals surface area contributed by atoms with Gasteiger partial charge in [0.2, 0.25) is 0 Å². The van der Waals surface area contributed by atoms with Crippen molar-refractivity contribution in [3.05, 3.63) is 53.0 Å². The van der Waals surface area contributed by atoms with Gasteiger partial charge in [-0.15, -0.1) is 0 Å². The largest absolute Gasteiger partial charge is 0.0856 e. The van der Waals surface area contributed by atoms with Crippen LogP contribution >= 0.6 is 0 Å². The standard InChI is InChI=1S/C21H35/c1-17(2)11-8-12-19(5)13-9-14-20(6)15-10-16-21(7)18(3)4/h11,13,15H,3,8-10,12,14,16H2,1-2,4-7H3/b19-13+,20-15+,21-18-. The molecule has 1 radical (unpaired) electrons. The Morgan fingerprint density at radius 1 is 0.667 bits per heavy atom. The van der Waals surface area contributed by atoms with Crippen LogP contribution in [0.4, 0.5) is 0 Å². The summed E-state index contributed by atoms with van der Waals surface area (Å²) in [6.07, 6.45) is 14.1. The van der Waals surface area contributed by atoms with E-state index >= 15 is 0 Å². The second-order valence-corrected chi connectivity index (χ2v) is 6.56. The molecular weight excluding hydrogens is 252 g/mol. The number of hydrogen-bond acceptors (Lipinski definition) is 0. The van der Waals surface area contributed by atoms with E-state index in [1.165, 1.54) is 53.5 Å². The van der Waals surface area contributed by atoms with E-state index in [2.05, 4.69) is 66.7 Å². The van der Waals surface area contributed by atoms with E-state index in [0.717, 1.165) is 12.8 Å². The van der Waals surface area contributed by atoms with Crippen molar-refractivity contribution in [3.63, 3.8) is 0 Å². The summed E-state index contributed by atoms with van der Waals surface area (Å²) in [6, 6.07) is 0. The fourth-order valence-corrected chi connectivity index (χ4v) is 2.09. The zero-order valence-corrected chi connectivity index (χ0v) is 15.2. The molecule has 0 aliphatic heterocycles. The molecule has 21 heavy (non-hydrogen) atoms. The Hall–Kier alpha value is -1.04. The maximum Gasteiger partial charge on any atom is -0.0283 e. The van der Waals surface area contributed by atoms with Gasteiger partial charge in [-0.3, -0.25) is 0 Å². The van der Waals surface area contributed by atoms with Crippen molar-refractivity contribution in [1.82, 2.24) is 0 Å². The van der Waals surface area contributed by atoms with Crippen LogP contribution in [0.25, 0.3) is 0 Å². The highest BCUT2D eigenvalue weighted by Gasteiger charge is 1.94. The minimum atomic E-state index is 1.14. The second-order valence-electron chi connectivity index (χ2n) is 6.56. The van der Waals surface area contributed by atoms with Gasteiger partial charge < -0.3 is 0 Å². The Morgan fingerprint density at radius 2 is 1.10 bits per heavy atom. The average molecular weight is 288 g/mol. The summed E-state index contributed by atoms with van der Waals surface area (Å²) in [7, 11) is 0. The van der Waals surface area contributed by atoms with Crippen LogP contribution in [-0.2, 0) is 0 Å². The zero-order valence-electron chi connectivity index (χ0n) is 15.2. The van der Waals surface area contributed by atoms with Gasteiger partial charge >= 0.3 is 0 Å². The molecule has 0 atom stereocenters. The van der Waals surface area contributed by atoms with Crippen molar-refractivity contribution in [1.29, 1.82) is 0 Å². The highest BCUT2D eigenvalue weighted by molar-refractivity contribution is 5.13. The summed E-state index contributed by atoms with van der Waals surface area (Å²) in [5.41, 5.74) is 7.10. The molecule has 0 bridgehead atoms. The summed E-state index contributed by atoms with van der Waals surface area (Å²) in [5, 5.41) is 0. The third kappa shape index (κ3) is 12.4.